The number of aromatic carboxylic acids is 1. The molecular formula is C15H17NO4. The molecule has 0 aliphatic rings. The van der Waals surface area contributed by atoms with Crippen LogP contribution >= 0.6 is 0 Å². The average Bonchev–Trinajstić information content (AvgIpc) is 2.44. The second-order valence-electron chi connectivity index (χ2n) is 4.56. The minimum absolute atomic E-state index is 0.279. The van der Waals surface area contributed by atoms with Gasteiger partial charge in [-0.15, -0.1) is 4.73 Å². The van der Waals surface area contributed by atoms with E-state index in [4.69, 9.17) is 9.94 Å². The van der Waals surface area contributed by atoms with Gasteiger partial charge >= 0.3 is 5.97 Å². The van der Waals surface area contributed by atoms with Crippen molar-refractivity contribution in [2.45, 2.75) is 26.2 Å². The molecule has 1 N–H and O–H groups in total. The highest BCUT2D eigenvalue weighted by Gasteiger charge is 2.15. The molecule has 2 aromatic rings. The Kier molecular flexibility index (Phi) is 4.40. The van der Waals surface area contributed by atoms with Crippen LogP contribution in [0.25, 0.3) is 10.9 Å². The van der Waals surface area contributed by atoms with Gasteiger partial charge in [0.1, 0.15) is 12.2 Å². The zero-order valence-corrected chi connectivity index (χ0v) is 11.3. The van der Waals surface area contributed by atoms with E-state index in [1.165, 1.54) is 6.07 Å². The maximum Gasteiger partial charge on any atom is 0.341 e. The molecule has 20 heavy (non-hydrogen) atoms. The standard InChI is InChI=1S/C15H17NO4/c1-2-3-6-9-20-16-13-8-5-4-7-11(13)10-12(14(16)17)15(18)19/h4-5,7-8,10H,2-3,6,9H2,1H3,(H,18,19). The molecular weight excluding hydrogens is 258 g/mol. The van der Waals surface area contributed by atoms with Gasteiger partial charge in [-0.3, -0.25) is 4.79 Å². The molecule has 0 saturated carbocycles. The van der Waals surface area contributed by atoms with Gasteiger partial charge in [-0.25, -0.2) is 4.79 Å². The summed E-state index contributed by atoms with van der Waals surface area (Å²) in [5, 5.41) is 9.76. The number of para-hydroxylation sites is 1. The van der Waals surface area contributed by atoms with Crippen LogP contribution in [-0.2, 0) is 0 Å². The predicted molar refractivity (Wildman–Crippen MR) is 76.1 cm³/mol. The molecule has 1 heterocycles. The van der Waals surface area contributed by atoms with Crippen molar-refractivity contribution in [2.75, 3.05) is 6.61 Å². The fourth-order valence-electron chi connectivity index (χ4n) is 2.02. The lowest BCUT2D eigenvalue weighted by Crippen LogP contribution is -2.32. The number of fused-ring (bicyclic) bond motifs is 1. The van der Waals surface area contributed by atoms with Gasteiger partial charge in [0.2, 0.25) is 0 Å². The SMILES string of the molecule is CCCCCOn1c(=O)c(C(=O)O)cc2ccccc21. The molecule has 0 radical (unpaired) electrons. The van der Waals surface area contributed by atoms with Crippen LogP contribution < -0.4 is 10.4 Å². The third-order valence-electron chi connectivity index (χ3n) is 3.07. The van der Waals surface area contributed by atoms with E-state index in [0.717, 1.165) is 24.0 Å². The van der Waals surface area contributed by atoms with Crippen molar-refractivity contribution in [2.24, 2.45) is 0 Å². The first-order valence-electron chi connectivity index (χ1n) is 6.66. The topological polar surface area (TPSA) is 68.5 Å². The van der Waals surface area contributed by atoms with Gasteiger partial charge in [0.05, 0.1) is 5.52 Å². The first kappa shape index (κ1) is 14.1. The molecule has 1 aromatic heterocycles. The molecule has 0 spiro atoms. The number of carboxylic acid groups (broad SMARTS) is 1. The van der Waals surface area contributed by atoms with E-state index >= 15 is 0 Å². The highest BCUT2D eigenvalue weighted by molar-refractivity contribution is 5.92. The van der Waals surface area contributed by atoms with E-state index < -0.39 is 11.5 Å². The normalized spacial score (nSPS) is 10.7. The first-order chi connectivity index (χ1) is 9.65. The maximum atomic E-state index is 12.1. The van der Waals surface area contributed by atoms with Crippen molar-refractivity contribution < 1.29 is 14.7 Å². The Balaban J connectivity index is 2.46. The zero-order chi connectivity index (χ0) is 14.5. The molecule has 0 aliphatic heterocycles. The van der Waals surface area contributed by atoms with Crippen LogP contribution in [0.2, 0.25) is 0 Å². The van der Waals surface area contributed by atoms with E-state index in [2.05, 4.69) is 6.92 Å². The third kappa shape index (κ3) is 2.82. The van der Waals surface area contributed by atoms with E-state index in [9.17, 15) is 9.59 Å². The molecule has 5 heteroatoms. The number of unbranched alkanes of at least 4 members (excludes halogenated alkanes) is 2. The number of benzene rings is 1. The van der Waals surface area contributed by atoms with Crippen LogP contribution in [0.15, 0.2) is 35.1 Å². The Bertz CT molecular complexity index is 675. The molecule has 0 aliphatic carbocycles. The van der Waals surface area contributed by atoms with Gasteiger partial charge in [0.25, 0.3) is 5.56 Å². The lowest BCUT2D eigenvalue weighted by molar-refractivity contribution is 0.0681. The highest BCUT2D eigenvalue weighted by Crippen LogP contribution is 2.12. The number of hydrogen-bond donors (Lipinski definition) is 1. The summed E-state index contributed by atoms with van der Waals surface area (Å²) in [5.74, 6) is -1.24. The van der Waals surface area contributed by atoms with Gasteiger partial charge in [0.15, 0.2) is 0 Å². The van der Waals surface area contributed by atoms with Crippen LogP contribution in [0.4, 0.5) is 0 Å². The van der Waals surface area contributed by atoms with Crippen molar-refractivity contribution in [3.8, 4) is 0 Å². The largest absolute Gasteiger partial charge is 0.477 e. The number of pyridine rings is 1. The summed E-state index contributed by atoms with van der Waals surface area (Å²) in [6.45, 7) is 2.47. The number of nitrogens with zero attached hydrogens (tertiary/aromatic N) is 1. The summed E-state index contributed by atoms with van der Waals surface area (Å²) in [7, 11) is 0. The fourth-order valence-corrected chi connectivity index (χ4v) is 2.02. The van der Waals surface area contributed by atoms with Gasteiger partial charge in [-0.1, -0.05) is 38.0 Å². The summed E-state index contributed by atoms with van der Waals surface area (Å²) in [6, 6.07) is 8.45. The van der Waals surface area contributed by atoms with Crippen LogP contribution in [0.3, 0.4) is 0 Å². The van der Waals surface area contributed by atoms with Crippen molar-refractivity contribution in [1.29, 1.82) is 0 Å². The Hall–Kier alpha value is -2.30. The average molecular weight is 275 g/mol. The Morgan fingerprint density at radius 3 is 2.75 bits per heavy atom. The molecule has 106 valence electrons. The zero-order valence-electron chi connectivity index (χ0n) is 11.3. The predicted octanol–water partition coefficient (Wildman–Crippen LogP) is 2.32. The van der Waals surface area contributed by atoms with E-state index in [-0.39, 0.29) is 5.56 Å². The minimum Gasteiger partial charge on any atom is -0.477 e. The number of rotatable bonds is 6. The number of carboxylic acids is 1. The van der Waals surface area contributed by atoms with Gasteiger partial charge in [-0.05, 0) is 18.6 Å². The molecule has 0 amide bonds. The smallest absolute Gasteiger partial charge is 0.341 e. The van der Waals surface area contributed by atoms with Crippen molar-refractivity contribution >= 4 is 16.9 Å². The lowest BCUT2D eigenvalue weighted by Gasteiger charge is -2.12. The van der Waals surface area contributed by atoms with Gasteiger partial charge in [-0.2, -0.15) is 0 Å². The summed E-state index contributed by atoms with van der Waals surface area (Å²) in [5.41, 5.74) is -0.328. The van der Waals surface area contributed by atoms with Gasteiger partial charge in [0, 0.05) is 5.39 Å². The Morgan fingerprint density at radius 2 is 2.05 bits per heavy atom. The minimum atomic E-state index is -1.24. The van der Waals surface area contributed by atoms with Crippen LogP contribution in [0.1, 0.15) is 36.5 Å². The summed E-state index contributed by atoms with van der Waals surface area (Å²) >= 11 is 0. The quantitative estimate of drug-likeness (QED) is 0.821. The number of carbonyl (C=O) groups is 1. The Morgan fingerprint density at radius 1 is 1.30 bits per heavy atom. The van der Waals surface area contributed by atoms with Crippen LogP contribution in [-0.4, -0.2) is 22.4 Å². The second-order valence-corrected chi connectivity index (χ2v) is 4.56. The molecule has 0 unspecified atom stereocenters. The lowest BCUT2D eigenvalue weighted by atomic mass is 10.1. The molecule has 1 aromatic carbocycles. The monoisotopic (exact) mass is 275 g/mol. The van der Waals surface area contributed by atoms with E-state index in [1.807, 2.05) is 0 Å². The fraction of sp³-hybridized carbons (Fsp3) is 0.333. The summed E-state index contributed by atoms with van der Waals surface area (Å²) in [6.07, 6.45) is 2.88. The van der Waals surface area contributed by atoms with E-state index in [0.29, 0.717) is 17.5 Å². The number of hydrogen-bond acceptors (Lipinski definition) is 3. The third-order valence-corrected chi connectivity index (χ3v) is 3.07. The molecule has 2 rings (SSSR count). The van der Waals surface area contributed by atoms with Crippen molar-refractivity contribution in [1.82, 2.24) is 4.73 Å². The maximum absolute atomic E-state index is 12.1. The first-order valence-corrected chi connectivity index (χ1v) is 6.66. The molecule has 5 nitrogen and oxygen atoms in total. The molecule has 0 atom stereocenters. The molecule has 0 fully saturated rings. The van der Waals surface area contributed by atoms with Crippen molar-refractivity contribution in [3.05, 3.63) is 46.2 Å². The Labute approximate surface area is 116 Å². The van der Waals surface area contributed by atoms with Crippen LogP contribution in [0.5, 0.6) is 0 Å². The van der Waals surface area contributed by atoms with Crippen LogP contribution in [0, 0.1) is 0 Å². The summed E-state index contributed by atoms with van der Waals surface area (Å²) < 4.78 is 1.09. The number of aromatic nitrogens is 1. The second kappa shape index (κ2) is 6.23. The summed E-state index contributed by atoms with van der Waals surface area (Å²) in [4.78, 5) is 28.8. The van der Waals surface area contributed by atoms with E-state index in [1.54, 1.807) is 24.3 Å². The molecule has 0 saturated heterocycles. The highest BCUT2D eigenvalue weighted by atomic mass is 16.7. The van der Waals surface area contributed by atoms with Crippen molar-refractivity contribution in [3.63, 3.8) is 0 Å². The molecule has 0 bridgehead atoms. The van der Waals surface area contributed by atoms with Gasteiger partial charge < -0.3 is 9.94 Å².